The van der Waals surface area contributed by atoms with Crippen molar-refractivity contribution in [3.05, 3.63) is 12.2 Å². The molecule has 2 N–H and O–H groups in total. The second-order valence-electron chi connectivity index (χ2n) is 4.20. The third kappa shape index (κ3) is 3.78. The molecule has 0 spiro atoms. The molecule has 0 saturated carbocycles. The topological polar surface area (TPSA) is 32.5 Å². The van der Waals surface area contributed by atoms with Gasteiger partial charge in [-0.15, -0.1) is 0 Å². The predicted molar refractivity (Wildman–Crippen MR) is 61.3 cm³/mol. The quantitative estimate of drug-likeness (QED) is 0.667. The minimum absolute atomic E-state index is 0.651. The second kappa shape index (κ2) is 6.17. The van der Waals surface area contributed by atoms with Gasteiger partial charge < -0.3 is 10.6 Å². The number of nitrogens with zero attached hydrogens (tertiary/aromatic N) is 2. The zero-order valence-corrected chi connectivity index (χ0v) is 9.45. The van der Waals surface area contributed by atoms with Gasteiger partial charge in [0.25, 0.3) is 0 Å². The van der Waals surface area contributed by atoms with E-state index >= 15 is 0 Å². The molecule has 0 bridgehead atoms. The highest BCUT2D eigenvalue weighted by atomic mass is 15.2. The van der Waals surface area contributed by atoms with Crippen molar-refractivity contribution in [1.82, 2.24) is 9.80 Å². The van der Waals surface area contributed by atoms with Crippen LogP contribution in [0.3, 0.4) is 0 Å². The Labute approximate surface area is 87.6 Å². The Balaban J connectivity index is 2.28. The Bertz CT molecular complexity index is 179. The van der Waals surface area contributed by atoms with E-state index in [0.717, 1.165) is 12.6 Å². The van der Waals surface area contributed by atoms with E-state index in [0.29, 0.717) is 6.54 Å². The highest BCUT2D eigenvalue weighted by molar-refractivity contribution is 4.88. The molecule has 82 valence electrons. The van der Waals surface area contributed by atoms with Gasteiger partial charge in [-0.1, -0.05) is 12.2 Å². The second-order valence-corrected chi connectivity index (χ2v) is 4.20. The highest BCUT2D eigenvalue weighted by Crippen LogP contribution is 2.12. The third-order valence-electron chi connectivity index (χ3n) is 2.92. The molecule has 1 rings (SSSR count). The average molecular weight is 197 g/mol. The summed E-state index contributed by atoms with van der Waals surface area (Å²) in [6, 6.07) is 0.719. The Morgan fingerprint density at radius 1 is 1.50 bits per heavy atom. The van der Waals surface area contributed by atoms with Crippen molar-refractivity contribution < 1.29 is 0 Å². The molecule has 1 heterocycles. The molecule has 0 aromatic carbocycles. The Hall–Kier alpha value is -0.380. The molecule has 1 aliphatic heterocycles. The van der Waals surface area contributed by atoms with Crippen LogP contribution in [-0.4, -0.2) is 56.1 Å². The summed E-state index contributed by atoms with van der Waals surface area (Å²) in [4.78, 5) is 4.83. The van der Waals surface area contributed by atoms with E-state index in [4.69, 9.17) is 5.73 Å². The summed E-state index contributed by atoms with van der Waals surface area (Å²) in [5.41, 5.74) is 5.40. The van der Waals surface area contributed by atoms with Crippen LogP contribution in [0, 0.1) is 0 Å². The smallest absolute Gasteiger partial charge is 0.0223 e. The Morgan fingerprint density at radius 2 is 2.29 bits per heavy atom. The van der Waals surface area contributed by atoms with Crippen LogP contribution in [0.1, 0.15) is 12.8 Å². The summed E-state index contributed by atoms with van der Waals surface area (Å²) in [5, 5.41) is 0. The van der Waals surface area contributed by atoms with Crippen molar-refractivity contribution in [3.8, 4) is 0 Å². The zero-order valence-electron chi connectivity index (χ0n) is 9.45. The zero-order chi connectivity index (χ0) is 10.4. The van der Waals surface area contributed by atoms with Gasteiger partial charge in [0, 0.05) is 25.7 Å². The van der Waals surface area contributed by atoms with E-state index < -0.39 is 0 Å². The van der Waals surface area contributed by atoms with Crippen LogP contribution < -0.4 is 5.73 Å². The van der Waals surface area contributed by atoms with Gasteiger partial charge in [0.1, 0.15) is 0 Å². The van der Waals surface area contributed by atoms with Gasteiger partial charge in [-0.3, -0.25) is 4.90 Å². The molecule has 1 aliphatic rings. The number of hydrogen-bond donors (Lipinski definition) is 1. The van der Waals surface area contributed by atoms with E-state index in [-0.39, 0.29) is 0 Å². The lowest BCUT2D eigenvalue weighted by Crippen LogP contribution is -2.44. The lowest BCUT2D eigenvalue weighted by Gasteiger charge is -2.35. The fourth-order valence-electron chi connectivity index (χ4n) is 1.99. The van der Waals surface area contributed by atoms with Crippen LogP contribution in [0.5, 0.6) is 0 Å². The Kier molecular flexibility index (Phi) is 5.15. The predicted octanol–water partition coefficient (Wildman–Crippen LogP) is 0.527. The van der Waals surface area contributed by atoms with Gasteiger partial charge in [0.15, 0.2) is 0 Å². The van der Waals surface area contributed by atoms with Crippen LogP contribution in [0.15, 0.2) is 12.2 Å². The number of rotatable bonds is 4. The van der Waals surface area contributed by atoms with E-state index in [1.165, 1.54) is 25.9 Å². The minimum atomic E-state index is 0.651. The lowest BCUT2D eigenvalue weighted by atomic mass is 10.1. The van der Waals surface area contributed by atoms with Crippen molar-refractivity contribution in [2.24, 2.45) is 5.73 Å². The molecule has 0 aromatic rings. The summed E-state index contributed by atoms with van der Waals surface area (Å²) < 4.78 is 0. The normalized spacial score (nSPS) is 25.0. The highest BCUT2D eigenvalue weighted by Gasteiger charge is 2.19. The van der Waals surface area contributed by atoms with Gasteiger partial charge in [-0.2, -0.15) is 0 Å². The molecule has 0 radical (unpaired) electrons. The first-order valence-electron chi connectivity index (χ1n) is 5.48. The van der Waals surface area contributed by atoms with Gasteiger partial charge in [0.05, 0.1) is 0 Å². The lowest BCUT2D eigenvalue weighted by molar-refractivity contribution is 0.144. The maximum atomic E-state index is 5.40. The molecule has 3 nitrogen and oxygen atoms in total. The first kappa shape index (κ1) is 11.7. The van der Waals surface area contributed by atoms with Crippen LogP contribution in [0.4, 0.5) is 0 Å². The number of nitrogens with two attached hydrogens (primary N) is 1. The Morgan fingerprint density at radius 3 is 2.93 bits per heavy atom. The van der Waals surface area contributed by atoms with Crippen LogP contribution >= 0.6 is 0 Å². The van der Waals surface area contributed by atoms with E-state index in [1.54, 1.807) is 0 Å². The fraction of sp³-hybridized carbons (Fsp3) is 0.818. The van der Waals surface area contributed by atoms with Gasteiger partial charge in [-0.25, -0.2) is 0 Å². The maximum Gasteiger partial charge on any atom is 0.0223 e. The molecule has 0 aliphatic carbocycles. The molecule has 1 saturated heterocycles. The fourth-order valence-corrected chi connectivity index (χ4v) is 1.99. The molecule has 3 heteroatoms. The number of piperidine rings is 1. The molecular weight excluding hydrogens is 174 g/mol. The summed E-state index contributed by atoms with van der Waals surface area (Å²) in [6.07, 6.45) is 6.85. The van der Waals surface area contributed by atoms with Crippen LogP contribution in [0.2, 0.25) is 0 Å². The third-order valence-corrected chi connectivity index (χ3v) is 2.92. The standard InChI is InChI=1S/C11H23N3/c1-13-8-5-6-11(10-13)14(2)9-4-3-7-12/h3-4,11H,5-10,12H2,1-2H3. The molecular formula is C11H23N3. The van der Waals surface area contributed by atoms with E-state index in [1.807, 2.05) is 6.08 Å². The molecule has 0 amide bonds. The molecule has 1 atom stereocenters. The summed E-state index contributed by atoms with van der Waals surface area (Å²) in [7, 11) is 4.40. The monoisotopic (exact) mass is 197 g/mol. The van der Waals surface area contributed by atoms with E-state index in [2.05, 4.69) is 30.0 Å². The molecule has 1 unspecified atom stereocenters. The molecule has 1 fully saturated rings. The average Bonchev–Trinajstić information content (AvgIpc) is 2.18. The summed E-state index contributed by atoms with van der Waals surface area (Å²) in [6.45, 7) is 4.13. The van der Waals surface area contributed by atoms with Crippen molar-refractivity contribution in [3.63, 3.8) is 0 Å². The molecule has 14 heavy (non-hydrogen) atoms. The minimum Gasteiger partial charge on any atom is -0.327 e. The first-order valence-corrected chi connectivity index (χ1v) is 5.48. The van der Waals surface area contributed by atoms with Gasteiger partial charge in [-0.05, 0) is 33.5 Å². The van der Waals surface area contributed by atoms with Crippen LogP contribution in [0.25, 0.3) is 0 Å². The van der Waals surface area contributed by atoms with Gasteiger partial charge >= 0.3 is 0 Å². The SMILES string of the molecule is CN1CCCC(N(C)CC=CCN)C1. The number of hydrogen-bond acceptors (Lipinski definition) is 3. The van der Waals surface area contributed by atoms with Crippen molar-refractivity contribution in [2.75, 3.05) is 40.3 Å². The maximum absolute atomic E-state index is 5.40. The van der Waals surface area contributed by atoms with Crippen molar-refractivity contribution in [2.45, 2.75) is 18.9 Å². The largest absolute Gasteiger partial charge is 0.327 e. The number of likely N-dealkylation sites (tertiary alicyclic amines) is 1. The first-order chi connectivity index (χ1) is 6.74. The van der Waals surface area contributed by atoms with Crippen LogP contribution in [-0.2, 0) is 0 Å². The summed E-state index contributed by atoms with van der Waals surface area (Å²) in [5.74, 6) is 0. The van der Waals surface area contributed by atoms with Gasteiger partial charge in [0.2, 0.25) is 0 Å². The summed E-state index contributed by atoms with van der Waals surface area (Å²) >= 11 is 0. The number of likely N-dealkylation sites (N-methyl/N-ethyl adjacent to an activating group) is 2. The van der Waals surface area contributed by atoms with Crippen molar-refractivity contribution in [1.29, 1.82) is 0 Å². The molecule has 0 aromatic heterocycles. The van der Waals surface area contributed by atoms with E-state index in [9.17, 15) is 0 Å². The van der Waals surface area contributed by atoms with Crippen molar-refractivity contribution >= 4 is 0 Å².